The van der Waals surface area contributed by atoms with Crippen molar-refractivity contribution < 1.29 is 4.79 Å². The highest BCUT2D eigenvalue weighted by molar-refractivity contribution is 7.14. The Bertz CT molecular complexity index is 655. The van der Waals surface area contributed by atoms with Crippen molar-refractivity contribution in [3.8, 4) is 17.3 Å². The SMILES string of the molecule is CCC(C)c1ccc(-c2csc(NC(=O)CC#N)n2)cc1. The number of nitrogens with zero attached hydrogens (tertiary/aromatic N) is 2. The standard InChI is InChI=1S/C16H17N3OS/c1-3-11(2)12-4-6-13(7-5-12)14-10-21-16(18-14)19-15(20)8-9-17/h4-7,10-11H,3,8H2,1-2H3,(H,18,19,20). The highest BCUT2D eigenvalue weighted by Gasteiger charge is 2.08. The van der Waals surface area contributed by atoms with Gasteiger partial charge in [-0.2, -0.15) is 5.26 Å². The first-order chi connectivity index (χ1) is 10.1. The number of thiazole rings is 1. The summed E-state index contributed by atoms with van der Waals surface area (Å²) in [6.07, 6.45) is 0.962. The van der Waals surface area contributed by atoms with E-state index >= 15 is 0 Å². The van der Waals surface area contributed by atoms with Crippen LogP contribution < -0.4 is 5.32 Å². The van der Waals surface area contributed by atoms with E-state index in [9.17, 15) is 4.79 Å². The number of nitrogens with one attached hydrogen (secondary N) is 1. The average molecular weight is 299 g/mol. The Kier molecular flexibility index (Phi) is 5.07. The van der Waals surface area contributed by atoms with Gasteiger partial charge in [0.25, 0.3) is 0 Å². The van der Waals surface area contributed by atoms with Crippen molar-refractivity contribution in [3.63, 3.8) is 0 Å². The smallest absolute Gasteiger partial charge is 0.240 e. The summed E-state index contributed by atoms with van der Waals surface area (Å²) in [5, 5.41) is 13.5. The van der Waals surface area contributed by atoms with Gasteiger partial charge < -0.3 is 5.32 Å². The molecular formula is C16H17N3OS. The van der Waals surface area contributed by atoms with E-state index in [0.29, 0.717) is 11.0 Å². The number of anilines is 1. The number of hydrogen-bond acceptors (Lipinski definition) is 4. The molecular weight excluding hydrogens is 282 g/mol. The van der Waals surface area contributed by atoms with Gasteiger partial charge in [0, 0.05) is 10.9 Å². The van der Waals surface area contributed by atoms with Crippen molar-refractivity contribution in [2.45, 2.75) is 32.6 Å². The zero-order chi connectivity index (χ0) is 15.2. The number of nitriles is 1. The molecule has 0 bridgehead atoms. The first-order valence-electron chi connectivity index (χ1n) is 6.86. The summed E-state index contributed by atoms with van der Waals surface area (Å²) >= 11 is 1.36. The molecule has 0 radical (unpaired) electrons. The summed E-state index contributed by atoms with van der Waals surface area (Å²) in [5.74, 6) is 0.223. The van der Waals surface area contributed by atoms with Crippen molar-refractivity contribution in [2.24, 2.45) is 0 Å². The highest BCUT2D eigenvalue weighted by Crippen LogP contribution is 2.27. The number of carbonyl (C=O) groups is 1. The minimum Gasteiger partial charge on any atom is -0.301 e. The largest absolute Gasteiger partial charge is 0.301 e. The molecule has 1 atom stereocenters. The van der Waals surface area contributed by atoms with Crippen LogP contribution >= 0.6 is 11.3 Å². The van der Waals surface area contributed by atoms with Crippen LogP contribution in [0.4, 0.5) is 5.13 Å². The van der Waals surface area contributed by atoms with Gasteiger partial charge in [0.2, 0.25) is 5.91 Å². The Morgan fingerprint density at radius 1 is 1.43 bits per heavy atom. The zero-order valence-corrected chi connectivity index (χ0v) is 12.9. The Morgan fingerprint density at radius 2 is 2.14 bits per heavy atom. The fourth-order valence-corrected chi connectivity index (χ4v) is 2.65. The van der Waals surface area contributed by atoms with Crippen LogP contribution in [-0.2, 0) is 4.79 Å². The number of amides is 1. The van der Waals surface area contributed by atoms with Crippen LogP contribution in [0, 0.1) is 11.3 Å². The van der Waals surface area contributed by atoms with E-state index in [-0.39, 0.29) is 12.3 Å². The summed E-state index contributed by atoms with van der Waals surface area (Å²) in [5.41, 5.74) is 3.18. The Balaban J connectivity index is 2.11. The van der Waals surface area contributed by atoms with Crippen LogP contribution in [0.15, 0.2) is 29.6 Å². The molecule has 1 unspecified atom stereocenters. The number of aromatic nitrogens is 1. The summed E-state index contributed by atoms with van der Waals surface area (Å²) in [6.45, 7) is 4.38. The van der Waals surface area contributed by atoms with Gasteiger partial charge in [0.05, 0.1) is 11.8 Å². The lowest BCUT2D eigenvalue weighted by molar-refractivity contribution is -0.115. The Hall–Kier alpha value is -2.19. The molecule has 0 saturated carbocycles. The molecule has 2 aromatic rings. The Labute approximate surface area is 128 Å². The van der Waals surface area contributed by atoms with Crippen LogP contribution in [0.1, 0.15) is 38.2 Å². The van der Waals surface area contributed by atoms with Gasteiger partial charge in [-0.05, 0) is 17.9 Å². The average Bonchev–Trinajstić information content (AvgIpc) is 2.95. The molecule has 1 amide bonds. The molecule has 4 nitrogen and oxygen atoms in total. The maximum absolute atomic E-state index is 11.3. The molecule has 0 spiro atoms. The van der Waals surface area contributed by atoms with Gasteiger partial charge in [-0.25, -0.2) is 4.98 Å². The van der Waals surface area contributed by atoms with Gasteiger partial charge in [-0.15, -0.1) is 11.3 Å². The molecule has 1 aromatic heterocycles. The molecule has 1 aromatic carbocycles. The normalized spacial score (nSPS) is 11.7. The molecule has 1 heterocycles. The third kappa shape index (κ3) is 3.89. The zero-order valence-electron chi connectivity index (χ0n) is 12.1. The Morgan fingerprint density at radius 3 is 2.76 bits per heavy atom. The fourth-order valence-electron chi connectivity index (χ4n) is 1.92. The number of hydrogen-bond donors (Lipinski definition) is 1. The van der Waals surface area contributed by atoms with E-state index in [2.05, 4.69) is 48.4 Å². The topological polar surface area (TPSA) is 65.8 Å². The summed E-state index contributed by atoms with van der Waals surface area (Å²) in [6, 6.07) is 10.2. The molecule has 1 N–H and O–H groups in total. The predicted octanol–water partition coefficient (Wildman–Crippen LogP) is 4.18. The van der Waals surface area contributed by atoms with E-state index in [1.54, 1.807) is 0 Å². The fraction of sp³-hybridized carbons (Fsp3) is 0.312. The molecule has 2 rings (SSSR count). The van der Waals surface area contributed by atoms with Crippen LogP contribution in [0.5, 0.6) is 0 Å². The number of rotatable bonds is 5. The van der Waals surface area contributed by atoms with Crippen LogP contribution in [0.2, 0.25) is 0 Å². The lowest BCUT2D eigenvalue weighted by atomic mass is 9.97. The molecule has 0 aliphatic heterocycles. The minimum absolute atomic E-state index is 0.154. The van der Waals surface area contributed by atoms with Crippen LogP contribution in [0.3, 0.4) is 0 Å². The monoisotopic (exact) mass is 299 g/mol. The van der Waals surface area contributed by atoms with E-state index in [1.807, 2.05) is 11.4 Å². The second-order valence-corrected chi connectivity index (χ2v) is 5.71. The first-order valence-corrected chi connectivity index (χ1v) is 7.74. The van der Waals surface area contributed by atoms with Crippen molar-refractivity contribution in [3.05, 3.63) is 35.2 Å². The molecule has 0 fully saturated rings. The summed E-state index contributed by atoms with van der Waals surface area (Å²) in [7, 11) is 0. The highest BCUT2D eigenvalue weighted by atomic mass is 32.1. The van der Waals surface area contributed by atoms with Crippen molar-refractivity contribution in [1.29, 1.82) is 5.26 Å². The summed E-state index contributed by atoms with van der Waals surface area (Å²) < 4.78 is 0. The van der Waals surface area contributed by atoms with Gasteiger partial charge in [0.1, 0.15) is 6.42 Å². The number of carbonyl (C=O) groups excluding carboxylic acids is 1. The molecule has 0 aliphatic rings. The van der Waals surface area contributed by atoms with Crippen LogP contribution in [0.25, 0.3) is 11.3 Å². The van der Waals surface area contributed by atoms with Crippen molar-refractivity contribution in [2.75, 3.05) is 5.32 Å². The van der Waals surface area contributed by atoms with Crippen molar-refractivity contribution >= 4 is 22.4 Å². The summed E-state index contributed by atoms with van der Waals surface area (Å²) in [4.78, 5) is 15.7. The van der Waals surface area contributed by atoms with E-state index in [1.165, 1.54) is 16.9 Å². The van der Waals surface area contributed by atoms with Gasteiger partial charge in [-0.1, -0.05) is 38.1 Å². The first kappa shape index (κ1) is 15.2. The van der Waals surface area contributed by atoms with E-state index in [4.69, 9.17) is 5.26 Å². The van der Waals surface area contributed by atoms with Crippen molar-refractivity contribution in [1.82, 2.24) is 4.98 Å². The third-order valence-corrected chi connectivity index (χ3v) is 4.14. The van der Waals surface area contributed by atoms with Gasteiger partial charge >= 0.3 is 0 Å². The quantitative estimate of drug-likeness (QED) is 0.900. The van der Waals surface area contributed by atoms with Gasteiger partial charge in [-0.3, -0.25) is 4.79 Å². The maximum Gasteiger partial charge on any atom is 0.240 e. The lowest BCUT2D eigenvalue weighted by Gasteiger charge is -2.08. The third-order valence-electron chi connectivity index (χ3n) is 3.38. The second-order valence-electron chi connectivity index (χ2n) is 4.85. The minimum atomic E-state index is -0.328. The second kappa shape index (κ2) is 7.00. The molecule has 0 saturated heterocycles. The maximum atomic E-state index is 11.3. The molecule has 5 heteroatoms. The van der Waals surface area contributed by atoms with E-state index in [0.717, 1.165) is 17.7 Å². The van der Waals surface area contributed by atoms with E-state index < -0.39 is 0 Å². The number of benzene rings is 1. The molecule has 21 heavy (non-hydrogen) atoms. The molecule has 108 valence electrons. The van der Waals surface area contributed by atoms with Crippen LogP contribution in [-0.4, -0.2) is 10.9 Å². The van der Waals surface area contributed by atoms with Gasteiger partial charge in [0.15, 0.2) is 5.13 Å². The lowest BCUT2D eigenvalue weighted by Crippen LogP contribution is -2.09. The molecule has 0 aliphatic carbocycles. The predicted molar refractivity (Wildman–Crippen MR) is 85.1 cm³/mol.